The molecule has 2 rings (SSSR count). The van der Waals surface area contributed by atoms with Crippen LogP contribution in [-0.2, 0) is 16.0 Å². The number of amides is 1. The molecule has 0 heterocycles. The van der Waals surface area contributed by atoms with Crippen LogP contribution in [0.15, 0.2) is 24.3 Å². The highest BCUT2D eigenvalue weighted by Crippen LogP contribution is 2.31. The van der Waals surface area contributed by atoms with E-state index >= 15 is 0 Å². The Morgan fingerprint density at radius 3 is 2.36 bits per heavy atom. The molecule has 1 unspecified atom stereocenters. The number of hydrogen-bond acceptors (Lipinski definition) is 3. The van der Waals surface area contributed by atoms with Crippen LogP contribution in [0.25, 0.3) is 0 Å². The Bertz CT molecular complexity index is 582. The summed E-state index contributed by atoms with van der Waals surface area (Å²) in [6, 6.07) is 8.14. The highest BCUT2D eigenvalue weighted by molar-refractivity contribution is 5.81. The smallest absolute Gasteiger partial charge is 0.306 e. The third-order valence-corrected chi connectivity index (χ3v) is 4.70. The lowest BCUT2D eigenvalue weighted by Crippen LogP contribution is -2.37. The maximum atomic E-state index is 12.3. The maximum absolute atomic E-state index is 12.3. The van der Waals surface area contributed by atoms with E-state index in [-0.39, 0.29) is 29.9 Å². The molecule has 1 aromatic carbocycles. The average Bonchev–Trinajstić information content (AvgIpc) is 3.04. The average molecular weight is 347 g/mol. The highest BCUT2D eigenvalue weighted by atomic mass is 16.5. The molecular formula is C20H29NO4. The quantitative estimate of drug-likeness (QED) is 0.755. The van der Waals surface area contributed by atoms with Crippen LogP contribution < -0.4 is 10.1 Å². The van der Waals surface area contributed by atoms with Gasteiger partial charge in [0.15, 0.2) is 0 Å². The topological polar surface area (TPSA) is 75.6 Å². The number of carbonyl (C=O) groups excluding carboxylic acids is 1. The van der Waals surface area contributed by atoms with Gasteiger partial charge in [-0.3, -0.25) is 9.59 Å². The molecule has 0 aliphatic heterocycles. The first kappa shape index (κ1) is 19.3. The van der Waals surface area contributed by atoms with E-state index in [0.29, 0.717) is 19.3 Å². The molecule has 0 bridgehead atoms. The molecule has 0 saturated heterocycles. The second-order valence-electron chi connectivity index (χ2n) is 7.30. The molecule has 25 heavy (non-hydrogen) atoms. The van der Waals surface area contributed by atoms with Crippen molar-refractivity contribution in [3.63, 3.8) is 0 Å². The molecule has 138 valence electrons. The summed E-state index contributed by atoms with van der Waals surface area (Å²) in [6.45, 7) is 6.00. The Labute approximate surface area is 149 Å². The Hall–Kier alpha value is -2.04. The minimum absolute atomic E-state index is 0.00284. The third kappa shape index (κ3) is 6.07. The fourth-order valence-electron chi connectivity index (χ4n) is 3.27. The number of aliphatic carboxylic acids is 1. The molecule has 1 aromatic rings. The molecule has 1 aliphatic rings. The number of carbonyl (C=O) groups is 2. The Morgan fingerprint density at radius 2 is 1.80 bits per heavy atom. The number of benzene rings is 1. The first-order valence-corrected chi connectivity index (χ1v) is 9.14. The molecule has 1 aliphatic carbocycles. The first-order valence-electron chi connectivity index (χ1n) is 9.14. The van der Waals surface area contributed by atoms with E-state index < -0.39 is 5.97 Å². The molecule has 0 spiro atoms. The van der Waals surface area contributed by atoms with Crippen LogP contribution >= 0.6 is 0 Å². The van der Waals surface area contributed by atoms with Gasteiger partial charge in [-0.15, -0.1) is 0 Å². The van der Waals surface area contributed by atoms with Gasteiger partial charge in [0.25, 0.3) is 0 Å². The molecule has 1 amide bonds. The number of ether oxygens (including phenoxy) is 1. The predicted molar refractivity (Wildman–Crippen MR) is 96.6 cm³/mol. The normalized spacial score (nSPS) is 21.1. The summed E-state index contributed by atoms with van der Waals surface area (Å²) in [4.78, 5) is 23.3. The van der Waals surface area contributed by atoms with E-state index in [4.69, 9.17) is 9.84 Å². The van der Waals surface area contributed by atoms with Gasteiger partial charge in [-0.25, -0.2) is 0 Å². The number of rotatable bonds is 8. The van der Waals surface area contributed by atoms with Crippen molar-refractivity contribution in [1.82, 2.24) is 5.32 Å². The summed E-state index contributed by atoms with van der Waals surface area (Å²) >= 11 is 0. The van der Waals surface area contributed by atoms with Crippen LogP contribution in [0.4, 0.5) is 0 Å². The second kappa shape index (κ2) is 8.88. The van der Waals surface area contributed by atoms with E-state index in [0.717, 1.165) is 18.6 Å². The van der Waals surface area contributed by atoms with Gasteiger partial charge in [0.05, 0.1) is 12.0 Å². The number of carboxylic acids is 1. The number of hydrogen-bond donors (Lipinski definition) is 2. The van der Waals surface area contributed by atoms with Gasteiger partial charge in [-0.1, -0.05) is 12.1 Å². The molecule has 5 heteroatoms. The molecule has 5 nitrogen and oxygen atoms in total. The number of aryl methyl sites for hydroxylation is 1. The molecule has 3 atom stereocenters. The lowest BCUT2D eigenvalue weighted by atomic mass is 10.0. The predicted octanol–water partition coefficient (Wildman–Crippen LogP) is 3.41. The van der Waals surface area contributed by atoms with E-state index in [1.54, 1.807) is 0 Å². The largest absolute Gasteiger partial charge is 0.491 e. The monoisotopic (exact) mass is 347 g/mol. The highest BCUT2D eigenvalue weighted by Gasteiger charge is 2.34. The van der Waals surface area contributed by atoms with Gasteiger partial charge < -0.3 is 15.2 Å². The van der Waals surface area contributed by atoms with Crippen LogP contribution in [0, 0.1) is 11.8 Å². The second-order valence-corrected chi connectivity index (χ2v) is 7.30. The van der Waals surface area contributed by atoms with E-state index in [1.807, 2.05) is 32.9 Å². The van der Waals surface area contributed by atoms with E-state index in [1.165, 1.54) is 5.56 Å². The SMILES string of the molecule is CC(CCc1ccc(OC(C)C)cc1)NC(=O)[C@@H]1CC[C@H](C(=O)O)C1. The third-order valence-electron chi connectivity index (χ3n) is 4.70. The van der Waals surface area contributed by atoms with Crippen molar-refractivity contribution in [3.8, 4) is 5.75 Å². The lowest BCUT2D eigenvalue weighted by molar-refractivity contribution is -0.141. The Kier molecular flexibility index (Phi) is 6.85. The zero-order valence-corrected chi connectivity index (χ0v) is 15.3. The van der Waals surface area contributed by atoms with Gasteiger partial charge in [-0.05, 0) is 70.6 Å². The maximum Gasteiger partial charge on any atom is 0.306 e. The number of nitrogens with one attached hydrogen (secondary N) is 1. The molecular weight excluding hydrogens is 318 g/mol. The molecule has 0 radical (unpaired) electrons. The van der Waals surface area contributed by atoms with Crippen LogP contribution in [0.5, 0.6) is 5.75 Å². The van der Waals surface area contributed by atoms with Crippen LogP contribution in [0.1, 0.15) is 52.0 Å². The fraction of sp³-hybridized carbons (Fsp3) is 0.600. The van der Waals surface area contributed by atoms with Gasteiger partial charge in [0, 0.05) is 12.0 Å². The van der Waals surface area contributed by atoms with Crippen molar-refractivity contribution in [3.05, 3.63) is 29.8 Å². The first-order chi connectivity index (χ1) is 11.8. The van der Waals surface area contributed by atoms with Crippen molar-refractivity contribution in [1.29, 1.82) is 0 Å². The summed E-state index contributed by atoms with van der Waals surface area (Å²) in [6.07, 6.45) is 3.64. The van der Waals surface area contributed by atoms with Crippen LogP contribution in [-0.4, -0.2) is 29.1 Å². The summed E-state index contributed by atoms with van der Waals surface area (Å²) < 4.78 is 5.63. The molecule has 2 N–H and O–H groups in total. The number of carboxylic acid groups (broad SMARTS) is 1. The van der Waals surface area contributed by atoms with Crippen LogP contribution in [0.3, 0.4) is 0 Å². The lowest BCUT2D eigenvalue weighted by Gasteiger charge is -2.17. The standard InChI is InChI=1S/C20H29NO4/c1-13(2)25-18-10-6-15(7-11-18)5-4-14(3)21-19(22)16-8-9-17(12-16)20(23)24/h6-7,10-11,13-14,16-17H,4-5,8-9,12H2,1-3H3,(H,21,22)(H,23,24)/t14?,16-,17+/m1/s1. The summed E-state index contributed by atoms with van der Waals surface area (Å²) in [7, 11) is 0. The van der Waals surface area contributed by atoms with Crippen molar-refractivity contribution in [2.45, 2.75) is 65.0 Å². The molecule has 0 aromatic heterocycles. The van der Waals surface area contributed by atoms with Crippen LogP contribution in [0.2, 0.25) is 0 Å². The molecule has 1 fully saturated rings. The zero-order valence-electron chi connectivity index (χ0n) is 15.3. The van der Waals surface area contributed by atoms with Crippen molar-refractivity contribution in [2.24, 2.45) is 11.8 Å². The van der Waals surface area contributed by atoms with Gasteiger partial charge >= 0.3 is 5.97 Å². The Balaban J connectivity index is 1.74. The zero-order chi connectivity index (χ0) is 18.4. The van der Waals surface area contributed by atoms with Gasteiger partial charge in [-0.2, -0.15) is 0 Å². The van der Waals surface area contributed by atoms with Crippen molar-refractivity contribution in [2.75, 3.05) is 0 Å². The summed E-state index contributed by atoms with van der Waals surface area (Å²) in [5, 5.41) is 12.1. The fourth-order valence-corrected chi connectivity index (χ4v) is 3.27. The van der Waals surface area contributed by atoms with Crippen molar-refractivity contribution >= 4 is 11.9 Å². The van der Waals surface area contributed by atoms with E-state index in [2.05, 4.69) is 17.4 Å². The summed E-state index contributed by atoms with van der Waals surface area (Å²) in [5.74, 6) is -0.437. The van der Waals surface area contributed by atoms with Gasteiger partial charge in [0.2, 0.25) is 5.91 Å². The van der Waals surface area contributed by atoms with Crippen molar-refractivity contribution < 1.29 is 19.4 Å². The minimum atomic E-state index is -0.784. The van der Waals surface area contributed by atoms with Gasteiger partial charge in [0.1, 0.15) is 5.75 Å². The summed E-state index contributed by atoms with van der Waals surface area (Å²) in [5.41, 5.74) is 1.21. The molecule has 1 saturated carbocycles. The van der Waals surface area contributed by atoms with E-state index in [9.17, 15) is 9.59 Å². The Morgan fingerprint density at radius 1 is 1.16 bits per heavy atom. The minimum Gasteiger partial charge on any atom is -0.491 e.